The second kappa shape index (κ2) is 9.88. The highest BCUT2D eigenvalue weighted by atomic mass is 35.5. The van der Waals surface area contributed by atoms with Crippen molar-refractivity contribution in [3.05, 3.63) is 100.0 Å². The molecule has 2 aromatic heterocycles. The van der Waals surface area contributed by atoms with Crippen molar-refractivity contribution in [2.45, 2.75) is 12.8 Å². The molecule has 7 heteroatoms. The molecule has 0 unspecified atom stereocenters. The van der Waals surface area contributed by atoms with Crippen molar-refractivity contribution in [3.8, 4) is 33.7 Å². The third kappa shape index (κ3) is 4.98. The van der Waals surface area contributed by atoms with Gasteiger partial charge in [-0.3, -0.25) is 14.3 Å². The van der Waals surface area contributed by atoms with Gasteiger partial charge in [0.15, 0.2) is 5.69 Å². The molecule has 2 heterocycles. The van der Waals surface area contributed by atoms with Crippen molar-refractivity contribution >= 4 is 23.0 Å². The van der Waals surface area contributed by atoms with E-state index < -0.39 is 0 Å². The van der Waals surface area contributed by atoms with Crippen molar-refractivity contribution in [1.82, 2.24) is 9.55 Å². The molecule has 0 bridgehead atoms. The molecule has 0 N–H and O–H groups in total. The van der Waals surface area contributed by atoms with Gasteiger partial charge in [0.1, 0.15) is 5.75 Å². The Bertz CT molecular complexity index is 1520. The van der Waals surface area contributed by atoms with Gasteiger partial charge in [-0.2, -0.15) is 0 Å². The van der Waals surface area contributed by atoms with Gasteiger partial charge in [-0.05, 0) is 84.0 Å². The fourth-order valence-electron chi connectivity index (χ4n) is 4.06. The number of anilines is 1. The fraction of sp³-hybridized carbons (Fsp3) is 0.207. The van der Waals surface area contributed by atoms with E-state index in [1.165, 1.54) is 12.8 Å². The molecule has 36 heavy (non-hydrogen) atoms. The Morgan fingerprint density at radius 3 is 2.64 bits per heavy atom. The van der Waals surface area contributed by atoms with Gasteiger partial charge < -0.3 is 9.64 Å². The molecule has 0 spiro atoms. The minimum absolute atomic E-state index is 0.213. The Hall–Kier alpha value is -4.08. The molecule has 2 aromatic carbocycles. The predicted octanol–water partition coefficient (Wildman–Crippen LogP) is 6.63. The summed E-state index contributed by atoms with van der Waals surface area (Å²) >= 11 is 6.46. The van der Waals surface area contributed by atoms with Crippen LogP contribution in [0.25, 0.3) is 32.8 Å². The molecule has 180 valence electrons. The smallest absolute Gasteiger partial charge is 0.263 e. The summed E-state index contributed by atoms with van der Waals surface area (Å²) in [6.45, 7) is 8.37. The summed E-state index contributed by atoms with van der Waals surface area (Å²) in [5.74, 6) is 1.23. The third-order valence-corrected chi connectivity index (χ3v) is 6.45. The Labute approximate surface area is 215 Å². The maximum atomic E-state index is 13.8. The van der Waals surface area contributed by atoms with E-state index in [2.05, 4.69) is 9.83 Å². The van der Waals surface area contributed by atoms with Gasteiger partial charge >= 0.3 is 0 Å². The van der Waals surface area contributed by atoms with E-state index >= 15 is 0 Å². The van der Waals surface area contributed by atoms with Crippen molar-refractivity contribution in [3.63, 3.8) is 0 Å². The standard InChI is InChI=1S/C29H25ClN4O2/c1-31-28-9-8-23(33(2)3)15-26(28)21-13-27(29(35)34(17-21)24-5-4-10-32-16-24)20-11-22(30)14-25(12-20)36-18-19-6-7-19/h4-5,8-17,19H,6-7,18H2,2-3H3. The van der Waals surface area contributed by atoms with Crippen molar-refractivity contribution in [2.75, 3.05) is 25.6 Å². The van der Waals surface area contributed by atoms with Crippen LogP contribution in [0.5, 0.6) is 5.75 Å². The van der Waals surface area contributed by atoms with Gasteiger partial charge in [-0.15, -0.1) is 0 Å². The van der Waals surface area contributed by atoms with E-state index in [9.17, 15) is 4.79 Å². The fourth-order valence-corrected chi connectivity index (χ4v) is 4.28. The monoisotopic (exact) mass is 496 g/mol. The van der Waals surface area contributed by atoms with E-state index in [1.807, 2.05) is 49.3 Å². The summed E-state index contributed by atoms with van der Waals surface area (Å²) in [6, 6.07) is 16.5. The van der Waals surface area contributed by atoms with Gasteiger partial charge in [0.25, 0.3) is 5.56 Å². The van der Waals surface area contributed by atoms with E-state index in [0.29, 0.717) is 45.8 Å². The van der Waals surface area contributed by atoms with Crippen LogP contribution in [0.15, 0.2) is 78.0 Å². The number of pyridine rings is 2. The lowest BCUT2D eigenvalue weighted by Gasteiger charge is -2.17. The molecule has 5 rings (SSSR count). The lowest BCUT2D eigenvalue weighted by atomic mass is 9.99. The average molecular weight is 497 g/mol. The molecule has 0 radical (unpaired) electrons. The number of hydrogen-bond acceptors (Lipinski definition) is 4. The maximum absolute atomic E-state index is 13.8. The Kier molecular flexibility index (Phi) is 6.49. The zero-order valence-electron chi connectivity index (χ0n) is 20.1. The second-order valence-electron chi connectivity index (χ2n) is 9.17. The molecule has 1 fully saturated rings. The first-order valence-electron chi connectivity index (χ1n) is 11.7. The van der Waals surface area contributed by atoms with Gasteiger partial charge in [0.2, 0.25) is 0 Å². The number of hydrogen-bond donors (Lipinski definition) is 0. The molecule has 1 saturated carbocycles. The second-order valence-corrected chi connectivity index (χ2v) is 9.60. The summed E-state index contributed by atoms with van der Waals surface area (Å²) in [4.78, 5) is 23.7. The van der Waals surface area contributed by atoms with Crippen molar-refractivity contribution < 1.29 is 4.74 Å². The van der Waals surface area contributed by atoms with E-state index in [4.69, 9.17) is 22.9 Å². The largest absolute Gasteiger partial charge is 0.493 e. The molecular formula is C29H25ClN4O2. The Morgan fingerprint density at radius 1 is 1.11 bits per heavy atom. The minimum atomic E-state index is -0.213. The van der Waals surface area contributed by atoms with Crippen LogP contribution in [0.1, 0.15) is 12.8 Å². The number of aromatic nitrogens is 2. The van der Waals surface area contributed by atoms with Gasteiger partial charge in [-0.25, -0.2) is 4.85 Å². The van der Waals surface area contributed by atoms with E-state index in [1.54, 1.807) is 47.4 Å². The molecule has 4 aromatic rings. The quantitative estimate of drug-likeness (QED) is 0.270. The molecule has 1 aliphatic carbocycles. The summed E-state index contributed by atoms with van der Waals surface area (Å²) in [5, 5.41) is 0.493. The molecule has 1 aliphatic rings. The van der Waals surface area contributed by atoms with Crippen LogP contribution in [-0.4, -0.2) is 30.3 Å². The van der Waals surface area contributed by atoms with Crippen LogP contribution in [0, 0.1) is 12.5 Å². The van der Waals surface area contributed by atoms with Crippen LogP contribution in [0.3, 0.4) is 0 Å². The topological polar surface area (TPSA) is 51.7 Å². The first-order chi connectivity index (χ1) is 17.4. The van der Waals surface area contributed by atoms with Crippen LogP contribution in [0.2, 0.25) is 5.02 Å². The normalized spacial score (nSPS) is 12.7. The van der Waals surface area contributed by atoms with Crippen LogP contribution >= 0.6 is 11.6 Å². The van der Waals surface area contributed by atoms with Crippen molar-refractivity contribution in [1.29, 1.82) is 0 Å². The molecule has 0 aliphatic heterocycles. The highest BCUT2D eigenvalue weighted by Gasteiger charge is 2.22. The van der Waals surface area contributed by atoms with E-state index in [0.717, 1.165) is 16.8 Å². The van der Waals surface area contributed by atoms with Crippen molar-refractivity contribution in [2.24, 2.45) is 5.92 Å². The number of halogens is 1. The van der Waals surface area contributed by atoms with Gasteiger partial charge in [0, 0.05) is 42.8 Å². The summed E-state index contributed by atoms with van der Waals surface area (Å²) in [6.07, 6.45) is 7.43. The summed E-state index contributed by atoms with van der Waals surface area (Å²) in [5.41, 5.74) is 4.47. The maximum Gasteiger partial charge on any atom is 0.263 e. The van der Waals surface area contributed by atoms with Crippen LogP contribution in [0.4, 0.5) is 11.4 Å². The lowest BCUT2D eigenvalue weighted by Crippen LogP contribution is -2.20. The zero-order valence-corrected chi connectivity index (χ0v) is 20.9. The Morgan fingerprint density at radius 2 is 1.94 bits per heavy atom. The van der Waals surface area contributed by atoms with Crippen LogP contribution < -0.4 is 15.2 Å². The van der Waals surface area contributed by atoms with Crippen LogP contribution in [-0.2, 0) is 0 Å². The highest BCUT2D eigenvalue weighted by Crippen LogP contribution is 2.37. The number of ether oxygens (including phenoxy) is 1. The summed E-state index contributed by atoms with van der Waals surface area (Å²) < 4.78 is 7.54. The number of rotatable bonds is 7. The molecule has 0 saturated heterocycles. The molecule has 6 nitrogen and oxygen atoms in total. The zero-order chi connectivity index (χ0) is 25.2. The Balaban J connectivity index is 1.72. The molecule has 0 atom stereocenters. The number of nitrogens with zero attached hydrogens (tertiary/aromatic N) is 4. The molecular weight excluding hydrogens is 472 g/mol. The lowest BCUT2D eigenvalue weighted by molar-refractivity contribution is 0.300. The SMILES string of the molecule is [C-]#[N+]c1ccc(N(C)C)cc1-c1cc(-c2cc(Cl)cc(OCC3CC3)c2)c(=O)n(-c2cccnc2)c1. The van der Waals surface area contributed by atoms with Gasteiger partial charge in [0.05, 0.1) is 25.1 Å². The van der Waals surface area contributed by atoms with E-state index in [-0.39, 0.29) is 5.56 Å². The third-order valence-electron chi connectivity index (χ3n) is 6.23. The average Bonchev–Trinajstić information content (AvgIpc) is 3.72. The van der Waals surface area contributed by atoms with Gasteiger partial charge in [-0.1, -0.05) is 17.7 Å². The first kappa shape index (κ1) is 23.7. The summed E-state index contributed by atoms with van der Waals surface area (Å²) in [7, 11) is 3.90. The highest BCUT2D eigenvalue weighted by molar-refractivity contribution is 6.31. The predicted molar refractivity (Wildman–Crippen MR) is 145 cm³/mol. The number of benzene rings is 2. The minimum Gasteiger partial charge on any atom is -0.493 e. The first-order valence-corrected chi connectivity index (χ1v) is 12.1. The molecule has 0 amide bonds.